The van der Waals surface area contributed by atoms with E-state index in [0.717, 1.165) is 6.54 Å². The molecule has 1 aliphatic carbocycles. The van der Waals surface area contributed by atoms with Crippen LogP contribution < -0.4 is 4.42 Å². The molecule has 1 aliphatic heterocycles. The highest BCUT2D eigenvalue weighted by Gasteiger charge is 2.44. The van der Waals surface area contributed by atoms with Crippen molar-refractivity contribution in [2.45, 2.75) is 31.1 Å². The number of aromatic nitrogens is 1. The first-order valence-corrected chi connectivity index (χ1v) is 5.53. The van der Waals surface area contributed by atoms with E-state index in [0.29, 0.717) is 5.41 Å². The molecule has 0 radical (unpaired) electrons. The van der Waals surface area contributed by atoms with Crippen molar-refractivity contribution < 1.29 is 0 Å². The predicted octanol–water partition coefficient (Wildman–Crippen LogP) is 2.87. The van der Waals surface area contributed by atoms with Crippen LogP contribution in [0.5, 0.6) is 0 Å². The van der Waals surface area contributed by atoms with Gasteiger partial charge in [0.1, 0.15) is 0 Å². The monoisotopic (exact) mass is 208 g/mol. The highest BCUT2D eigenvalue weighted by Crippen LogP contribution is 2.50. The molecule has 1 spiro atoms. The molecule has 2 nitrogen and oxygen atoms in total. The number of fused-ring (bicyclic) bond motifs is 2. The fourth-order valence-corrected chi connectivity index (χ4v) is 3.30. The summed E-state index contributed by atoms with van der Waals surface area (Å²) in [6.45, 7) is 0.968. The van der Waals surface area contributed by atoms with Gasteiger partial charge in [0.05, 0.1) is 5.69 Å². The van der Waals surface area contributed by atoms with Gasteiger partial charge in [-0.1, -0.05) is 12.8 Å². The molecule has 0 bridgehead atoms. The second kappa shape index (κ2) is 2.86. The summed E-state index contributed by atoms with van der Waals surface area (Å²) in [5, 5.41) is 0. The molecule has 3 rings (SSSR count). The Kier molecular flexibility index (Phi) is 1.75. The molecule has 2 heterocycles. The summed E-state index contributed by atoms with van der Waals surface area (Å²) < 4.78 is 1.86. The average molecular weight is 209 g/mol. The van der Waals surface area contributed by atoms with E-state index in [-0.39, 0.29) is 0 Å². The summed E-state index contributed by atoms with van der Waals surface area (Å²) in [7, 11) is 0. The molecule has 1 aromatic rings. The van der Waals surface area contributed by atoms with E-state index in [4.69, 9.17) is 11.8 Å². The van der Waals surface area contributed by atoms with E-state index in [9.17, 15) is 0 Å². The maximum absolute atomic E-state index is 6.22. The van der Waals surface area contributed by atoms with Gasteiger partial charge in [-0.2, -0.15) is 0 Å². The van der Waals surface area contributed by atoms with Crippen LogP contribution in [0.15, 0.2) is 18.5 Å². The first kappa shape index (κ1) is 8.54. The molecule has 0 amide bonds. The summed E-state index contributed by atoms with van der Waals surface area (Å²) in [5.41, 5.74) is 2.86. The Morgan fingerprint density at radius 2 is 2.14 bits per heavy atom. The Morgan fingerprint density at radius 1 is 1.36 bits per heavy atom. The van der Waals surface area contributed by atoms with Gasteiger partial charge in [-0.3, -0.25) is 9.40 Å². The highest BCUT2D eigenvalue weighted by atomic mass is 35.5. The zero-order valence-corrected chi connectivity index (χ0v) is 8.80. The van der Waals surface area contributed by atoms with Crippen LogP contribution >= 0.6 is 11.8 Å². The molecular formula is C11H13ClN2. The summed E-state index contributed by atoms with van der Waals surface area (Å²) in [6, 6.07) is 2.02. The lowest BCUT2D eigenvalue weighted by atomic mass is 9.82. The minimum atomic E-state index is 0.325. The van der Waals surface area contributed by atoms with Crippen LogP contribution in [0.2, 0.25) is 0 Å². The summed E-state index contributed by atoms with van der Waals surface area (Å²) in [4.78, 5) is 4.22. The SMILES string of the molecule is ClN1CC2(CCCC2)c2cnccc21. The smallest absolute Gasteiger partial charge is 0.0592 e. The van der Waals surface area contributed by atoms with Crippen molar-refractivity contribution in [3.63, 3.8) is 0 Å². The van der Waals surface area contributed by atoms with Crippen molar-refractivity contribution in [3.8, 4) is 0 Å². The zero-order valence-electron chi connectivity index (χ0n) is 8.04. The maximum atomic E-state index is 6.22. The van der Waals surface area contributed by atoms with Gasteiger partial charge in [0.2, 0.25) is 0 Å². The van der Waals surface area contributed by atoms with Crippen LogP contribution in [-0.4, -0.2) is 11.5 Å². The van der Waals surface area contributed by atoms with E-state index in [1.807, 2.05) is 22.9 Å². The van der Waals surface area contributed by atoms with Crippen LogP contribution in [0.4, 0.5) is 5.69 Å². The largest absolute Gasteiger partial charge is 0.284 e. The van der Waals surface area contributed by atoms with Gasteiger partial charge in [-0.05, 0) is 18.9 Å². The molecule has 1 aromatic heterocycles. The molecule has 2 aliphatic rings. The van der Waals surface area contributed by atoms with Crippen molar-refractivity contribution in [2.75, 3.05) is 11.0 Å². The van der Waals surface area contributed by atoms with Gasteiger partial charge < -0.3 is 0 Å². The first-order valence-electron chi connectivity index (χ1n) is 5.20. The number of halogens is 1. The van der Waals surface area contributed by atoms with Crippen LogP contribution in [0.25, 0.3) is 0 Å². The maximum Gasteiger partial charge on any atom is 0.0592 e. The number of hydrogen-bond acceptors (Lipinski definition) is 2. The Labute approximate surface area is 89.0 Å². The molecule has 0 unspecified atom stereocenters. The molecule has 3 heteroatoms. The summed E-state index contributed by atoms with van der Waals surface area (Å²) in [6.07, 6.45) is 9.03. The molecule has 1 fully saturated rings. The summed E-state index contributed by atoms with van der Waals surface area (Å²) >= 11 is 6.22. The van der Waals surface area contributed by atoms with Crippen LogP contribution in [0.3, 0.4) is 0 Å². The second-order valence-corrected chi connectivity index (χ2v) is 4.81. The van der Waals surface area contributed by atoms with Gasteiger partial charge in [0.25, 0.3) is 0 Å². The van der Waals surface area contributed by atoms with Crippen molar-refractivity contribution >= 4 is 17.5 Å². The zero-order chi connectivity index (χ0) is 9.60. The van der Waals surface area contributed by atoms with Gasteiger partial charge in [0, 0.05) is 41.7 Å². The van der Waals surface area contributed by atoms with Crippen LogP contribution in [-0.2, 0) is 5.41 Å². The fraction of sp³-hybridized carbons (Fsp3) is 0.545. The molecule has 0 atom stereocenters. The van der Waals surface area contributed by atoms with E-state index in [2.05, 4.69) is 4.98 Å². The number of hydrogen-bond donors (Lipinski definition) is 0. The highest BCUT2D eigenvalue weighted by molar-refractivity contribution is 6.26. The molecule has 0 aromatic carbocycles. The minimum Gasteiger partial charge on any atom is -0.284 e. The second-order valence-electron chi connectivity index (χ2n) is 4.40. The number of nitrogens with zero attached hydrogens (tertiary/aromatic N) is 2. The third kappa shape index (κ3) is 1.01. The fourth-order valence-electron chi connectivity index (χ4n) is 2.92. The predicted molar refractivity (Wildman–Crippen MR) is 57.6 cm³/mol. The quantitative estimate of drug-likeness (QED) is 0.610. The number of rotatable bonds is 0. The normalized spacial score (nSPS) is 23.1. The lowest BCUT2D eigenvalue weighted by Gasteiger charge is -2.22. The van der Waals surface area contributed by atoms with Gasteiger partial charge in [0.15, 0.2) is 0 Å². The van der Waals surface area contributed by atoms with Crippen molar-refractivity contribution in [1.82, 2.24) is 4.98 Å². The van der Waals surface area contributed by atoms with Crippen LogP contribution in [0, 0.1) is 0 Å². The van der Waals surface area contributed by atoms with Gasteiger partial charge in [-0.25, -0.2) is 0 Å². The molecule has 1 saturated carbocycles. The standard InChI is InChI=1S/C11H13ClN2/c12-14-8-11(4-1-2-5-11)9-7-13-6-3-10(9)14/h3,6-7H,1-2,4-5,8H2. The average Bonchev–Trinajstić information content (AvgIpc) is 2.77. The molecule has 14 heavy (non-hydrogen) atoms. The van der Waals surface area contributed by atoms with E-state index >= 15 is 0 Å². The van der Waals surface area contributed by atoms with Gasteiger partial charge in [-0.15, -0.1) is 0 Å². The lowest BCUT2D eigenvalue weighted by Crippen LogP contribution is -2.26. The third-order valence-electron chi connectivity index (χ3n) is 3.63. The number of pyridine rings is 1. The Bertz CT molecular complexity index is 358. The van der Waals surface area contributed by atoms with E-state index in [1.165, 1.54) is 36.9 Å². The lowest BCUT2D eigenvalue weighted by molar-refractivity contribution is 0.480. The van der Waals surface area contributed by atoms with Crippen molar-refractivity contribution in [2.24, 2.45) is 0 Å². The Hall–Kier alpha value is -0.760. The molecular weight excluding hydrogens is 196 g/mol. The summed E-state index contributed by atoms with van der Waals surface area (Å²) in [5.74, 6) is 0. The third-order valence-corrected chi connectivity index (χ3v) is 3.93. The molecule has 0 N–H and O–H groups in total. The minimum absolute atomic E-state index is 0.325. The topological polar surface area (TPSA) is 16.1 Å². The Morgan fingerprint density at radius 3 is 2.93 bits per heavy atom. The Balaban J connectivity index is 2.13. The first-order chi connectivity index (χ1) is 6.82. The molecule has 74 valence electrons. The number of anilines is 1. The van der Waals surface area contributed by atoms with Gasteiger partial charge >= 0.3 is 0 Å². The van der Waals surface area contributed by atoms with E-state index < -0.39 is 0 Å². The molecule has 0 saturated heterocycles. The van der Waals surface area contributed by atoms with Crippen molar-refractivity contribution in [1.29, 1.82) is 0 Å². The van der Waals surface area contributed by atoms with Crippen molar-refractivity contribution in [3.05, 3.63) is 24.0 Å². The van der Waals surface area contributed by atoms with Crippen LogP contribution in [0.1, 0.15) is 31.2 Å². The van der Waals surface area contributed by atoms with E-state index in [1.54, 1.807) is 0 Å².